The number of ether oxygens (including phenoxy) is 2. The summed E-state index contributed by atoms with van der Waals surface area (Å²) in [5, 5.41) is 17.1. The van der Waals surface area contributed by atoms with Crippen LogP contribution in [-0.4, -0.2) is 58.1 Å². The first-order valence-corrected chi connectivity index (χ1v) is 14.7. The van der Waals surface area contributed by atoms with Gasteiger partial charge in [0.25, 0.3) is 21.6 Å². The number of aryl methyl sites for hydroxylation is 1. The number of para-hydroxylation sites is 1. The highest BCUT2D eigenvalue weighted by Crippen LogP contribution is 2.36. The second-order valence-corrected chi connectivity index (χ2v) is 11.8. The van der Waals surface area contributed by atoms with Crippen molar-refractivity contribution in [1.82, 2.24) is 5.32 Å². The van der Waals surface area contributed by atoms with Crippen molar-refractivity contribution in [3.05, 3.63) is 86.9 Å². The van der Waals surface area contributed by atoms with Crippen molar-refractivity contribution in [3.63, 3.8) is 0 Å². The van der Waals surface area contributed by atoms with Gasteiger partial charge in [0.05, 0.1) is 40.0 Å². The largest absolute Gasteiger partial charge is 0.495 e. The fourth-order valence-electron chi connectivity index (χ4n) is 4.45. The summed E-state index contributed by atoms with van der Waals surface area (Å²) in [5.74, 6) is -1.14. The number of hydrogen-bond donors (Lipinski definition) is 2. The van der Waals surface area contributed by atoms with Crippen molar-refractivity contribution in [2.75, 3.05) is 36.4 Å². The van der Waals surface area contributed by atoms with Gasteiger partial charge < -0.3 is 20.1 Å². The predicted octanol–water partition coefficient (Wildman–Crippen LogP) is 4.31. The van der Waals surface area contributed by atoms with Crippen molar-refractivity contribution >= 4 is 50.5 Å². The van der Waals surface area contributed by atoms with Crippen LogP contribution in [0.2, 0.25) is 5.02 Å². The van der Waals surface area contributed by atoms with E-state index in [1.807, 2.05) is 0 Å². The Morgan fingerprint density at radius 3 is 2.62 bits per heavy atom. The Morgan fingerprint density at radius 2 is 1.93 bits per heavy atom. The molecule has 12 nitrogen and oxygen atoms in total. The van der Waals surface area contributed by atoms with E-state index in [0.29, 0.717) is 13.2 Å². The summed E-state index contributed by atoms with van der Waals surface area (Å²) in [6, 6.07) is 14.0. The number of carbonyl (C=O) groups excluding carboxylic acids is 2. The lowest BCUT2D eigenvalue weighted by atomic mass is 10.1. The number of nitro groups is 1. The van der Waals surface area contributed by atoms with Gasteiger partial charge in [0.2, 0.25) is 5.91 Å². The van der Waals surface area contributed by atoms with Crippen LogP contribution in [0.1, 0.15) is 28.8 Å². The maximum atomic E-state index is 13.9. The number of nitrogens with one attached hydrogen (secondary N) is 2. The molecule has 0 unspecified atom stereocenters. The molecule has 1 aliphatic heterocycles. The number of rotatable bonds is 11. The minimum atomic E-state index is -4.57. The van der Waals surface area contributed by atoms with Crippen molar-refractivity contribution in [2.24, 2.45) is 0 Å². The molecular weight excluding hydrogens is 588 g/mol. The molecule has 14 heteroatoms. The smallest absolute Gasteiger partial charge is 0.273 e. The third kappa shape index (κ3) is 6.98. The van der Waals surface area contributed by atoms with Gasteiger partial charge in [-0.05, 0) is 56.2 Å². The number of carbonyl (C=O) groups is 2. The Morgan fingerprint density at radius 1 is 1.17 bits per heavy atom. The Kier molecular flexibility index (Phi) is 9.66. The molecule has 0 spiro atoms. The summed E-state index contributed by atoms with van der Waals surface area (Å²) < 4.78 is 39.5. The Hall–Kier alpha value is -4.20. The van der Waals surface area contributed by atoms with E-state index >= 15 is 0 Å². The van der Waals surface area contributed by atoms with Crippen molar-refractivity contribution < 1.29 is 32.4 Å². The van der Waals surface area contributed by atoms with E-state index in [2.05, 4.69) is 10.6 Å². The van der Waals surface area contributed by atoms with Crippen LogP contribution in [0.25, 0.3) is 0 Å². The van der Waals surface area contributed by atoms with Gasteiger partial charge in [0.1, 0.15) is 12.3 Å². The van der Waals surface area contributed by atoms with Crippen LogP contribution in [-0.2, 0) is 19.6 Å². The molecule has 3 aromatic rings. The summed E-state index contributed by atoms with van der Waals surface area (Å²) in [7, 11) is -3.25. The van der Waals surface area contributed by atoms with Crippen molar-refractivity contribution in [3.8, 4) is 5.75 Å². The van der Waals surface area contributed by atoms with Crippen LogP contribution >= 0.6 is 11.6 Å². The first-order chi connectivity index (χ1) is 20.0. The molecule has 1 atom stereocenters. The molecular formula is C28H29ClN4O8S. The van der Waals surface area contributed by atoms with E-state index in [1.165, 1.54) is 56.5 Å². The van der Waals surface area contributed by atoms with Gasteiger partial charge in [-0.2, -0.15) is 0 Å². The molecule has 0 aromatic heterocycles. The van der Waals surface area contributed by atoms with Gasteiger partial charge in [-0.15, -0.1) is 0 Å². The number of benzene rings is 3. The van der Waals surface area contributed by atoms with Crippen LogP contribution in [0.5, 0.6) is 5.75 Å². The van der Waals surface area contributed by atoms with Gasteiger partial charge in [-0.3, -0.25) is 24.0 Å². The quantitative estimate of drug-likeness (QED) is 0.238. The zero-order chi connectivity index (χ0) is 30.4. The van der Waals surface area contributed by atoms with Crippen LogP contribution in [0, 0.1) is 17.0 Å². The van der Waals surface area contributed by atoms with Crippen LogP contribution in [0.15, 0.2) is 65.6 Å². The van der Waals surface area contributed by atoms with E-state index in [4.69, 9.17) is 21.1 Å². The molecule has 0 bridgehead atoms. The van der Waals surface area contributed by atoms with Crippen LogP contribution in [0.3, 0.4) is 0 Å². The van der Waals surface area contributed by atoms with E-state index in [0.717, 1.165) is 23.2 Å². The zero-order valence-corrected chi connectivity index (χ0v) is 24.4. The Labute approximate surface area is 247 Å². The average Bonchev–Trinajstić information content (AvgIpc) is 3.48. The molecule has 0 radical (unpaired) electrons. The predicted molar refractivity (Wildman–Crippen MR) is 157 cm³/mol. The minimum absolute atomic E-state index is 0.0639. The fourth-order valence-corrected chi connectivity index (χ4v) is 6.06. The van der Waals surface area contributed by atoms with Crippen LogP contribution < -0.4 is 19.7 Å². The van der Waals surface area contributed by atoms with E-state index in [-0.39, 0.29) is 39.4 Å². The molecule has 222 valence electrons. The topological polar surface area (TPSA) is 157 Å². The average molecular weight is 617 g/mol. The molecule has 3 aromatic carbocycles. The summed E-state index contributed by atoms with van der Waals surface area (Å²) in [6.07, 6.45) is 1.67. The number of anilines is 2. The van der Waals surface area contributed by atoms with Gasteiger partial charge in [0, 0.05) is 29.8 Å². The maximum absolute atomic E-state index is 13.9. The van der Waals surface area contributed by atoms with Gasteiger partial charge >= 0.3 is 0 Å². The number of sulfonamides is 1. The molecule has 2 amide bonds. The highest BCUT2D eigenvalue weighted by molar-refractivity contribution is 7.92. The molecule has 2 N–H and O–H groups in total. The van der Waals surface area contributed by atoms with E-state index in [9.17, 15) is 28.1 Å². The van der Waals surface area contributed by atoms with Crippen molar-refractivity contribution in [1.29, 1.82) is 0 Å². The summed E-state index contributed by atoms with van der Waals surface area (Å²) in [4.78, 5) is 36.7. The minimum Gasteiger partial charge on any atom is -0.495 e. The molecule has 4 rings (SSSR count). The summed E-state index contributed by atoms with van der Waals surface area (Å²) >= 11 is 6.18. The standard InChI is InChI=1S/C28H29ClN4O8S/c1-18-9-11-21(15-24(18)33(36)37)42(38,39)32(25-14-19(29)10-12-26(25)40-2)17-27(34)31-23-8-4-3-7-22(23)28(35)30-16-20-6-5-13-41-20/h3-4,7-12,14-15,20H,5-6,13,16-17H2,1-2H3,(H,30,35)(H,31,34)/t20-/m1/s1. The summed E-state index contributed by atoms with van der Waals surface area (Å²) in [5.41, 5.74) is 0.131. The van der Waals surface area contributed by atoms with Crippen LogP contribution in [0.4, 0.5) is 17.1 Å². The first-order valence-electron chi connectivity index (χ1n) is 12.9. The molecule has 0 aliphatic carbocycles. The number of methoxy groups -OCH3 is 1. The highest BCUT2D eigenvalue weighted by Gasteiger charge is 2.32. The number of hydrogen-bond acceptors (Lipinski definition) is 8. The van der Waals surface area contributed by atoms with Gasteiger partial charge in [0.15, 0.2) is 0 Å². The summed E-state index contributed by atoms with van der Waals surface area (Å²) in [6.45, 7) is 1.66. The van der Waals surface area contributed by atoms with Gasteiger partial charge in [-0.25, -0.2) is 8.42 Å². The molecule has 1 heterocycles. The van der Waals surface area contributed by atoms with Gasteiger partial charge in [-0.1, -0.05) is 29.8 Å². The fraction of sp³-hybridized carbons (Fsp3) is 0.286. The van der Waals surface area contributed by atoms with Crippen molar-refractivity contribution in [2.45, 2.75) is 30.8 Å². The third-order valence-corrected chi connectivity index (χ3v) is 8.61. The SMILES string of the molecule is COc1ccc(Cl)cc1N(CC(=O)Nc1ccccc1C(=O)NC[C@H]1CCCO1)S(=O)(=O)c1ccc(C)c([N+](=O)[O-])c1. The maximum Gasteiger partial charge on any atom is 0.273 e. The Balaban J connectivity index is 1.66. The molecule has 1 fully saturated rings. The molecule has 1 saturated heterocycles. The van der Waals surface area contributed by atoms with E-state index < -0.39 is 43.9 Å². The van der Waals surface area contributed by atoms with E-state index in [1.54, 1.807) is 12.1 Å². The lowest BCUT2D eigenvalue weighted by molar-refractivity contribution is -0.385. The number of nitrogens with zero attached hydrogens (tertiary/aromatic N) is 2. The zero-order valence-electron chi connectivity index (χ0n) is 22.8. The molecule has 0 saturated carbocycles. The molecule has 42 heavy (non-hydrogen) atoms. The third-order valence-electron chi connectivity index (χ3n) is 6.62. The number of halogens is 1. The first kappa shape index (κ1) is 30.8. The normalized spacial score (nSPS) is 14.7. The Bertz CT molecular complexity index is 1610. The number of nitro benzene ring substituents is 1. The second kappa shape index (κ2) is 13.2. The second-order valence-electron chi connectivity index (χ2n) is 9.47. The molecule has 1 aliphatic rings. The monoisotopic (exact) mass is 616 g/mol. The lowest BCUT2D eigenvalue weighted by Crippen LogP contribution is -2.39. The highest BCUT2D eigenvalue weighted by atomic mass is 35.5. The lowest BCUT2D eigenvalue weighted by Gasteiger charge is -2.26. The number of amides is 2.